The summed E-state index contributed by atoms with van der Waals surface area (Å²) in [5, 5.41) is 7.44. The number of thiocarbonyl (C=S) groups is 1. The van der Waals surface area contributed by atoms with Crippen LogP contribution in [0.5, 0.6) is 0 Å². The van der Waals surface area contributed by atoms with E-state index >= 15 is 0 Å². The van der Waals surface area contributed by atoms with E-state index in [4.69, 9.17) is 11.6 Å². The predicted octanol–water partition coefficient (Wildman–Crippen LogP) is -1.63. The van der Waals surface area contributed by atoms with E-state index in [-0.39, 0.29) is 10.8 Å². The van der Waals surface area contributed by atoms with Crippen molar-refractivity contribution in [1.29, 1.82) is 0 Å². The topological polar surface area (TPSA) is 97.1 Å². The molecule has 0 spiro atoms. The Kier molecular flexibility index (Phi) is 1.81. The highest BCUT2D eigenvalue weighted by molar-refractivity contribution is 7.80. The normalized spacial score (nSPS) is 19.8. The molecular formula is C4H5N5OS. The van der Waals surface area contributed by atoms with Crippen LogP contribution in [-0.4, -0.2) is 28.0 Å². The van der Waals surface area contributed by atoms with Crippen LogP contribution in [-0.2, 0) is 4.79 Å². The number of hydrogen-bond donors (Lipinski definition) is 2. The maximum Gasteiger partial charge on any atom is 0.302 e. The predicted molar refractivity (Wildman–Crippen MR) is 43.7 cm³/mol. The lowest BCUT2D eigenvalue weighted by atomic mass is 10.4. The third-order valence-corrected chi connectivity index (χ3v) is 1.23. The summed E-state index contributed by atoms with van der Waals surface area (Å²) in [4.78, 5) is 11.0. The van der Waals surface area contributed by atoms with Gasteiger partial charge in [-0.3, -0.25) is 4.79 Å². The van der Waals surface area contributed by atoms with Crippen molar-refractivity contribution in [2.75, 3.05) is 0 Å². The van der Waals surface area contributed by atoms with E-state index in [1.54, 1.807) is 0 Å². The van der Waals surface area contributed by atoms with Crippen molar-refractivity contribution in [1.82, 2.24) is 5.01 Å². The summed E-state index contributed by atoms with van der Waals surface area (Å²) in [6, 6.07) is 0. The molecule has 1 heterocycles. The van der Waals surface area contributed by atoms with Crippen LogP contribution in [0.4, 0.5) is 0 Å². The molecule has 4 N–H and O–H groups in total. The van der Waals surface area contributed by atoms with Gasteiger partial charge in [0.1, 0.15) is 0 Å². The summed E-state index contributed by atoms with van der Waals surface area (Å²) in [7, 11) is 0. The van der Waals surface area contributed by atoms with Gasteiger partial charge in [0, 0.05) is 0 Å². The van der Waals surface area contributed by atoms with E-state index < -0.39 is 5.91 Å². The van der Waals surface area contributed by atoms with Crippen molar-refractivity contribution < 1.29 is 4.79 Å². The molecule has 0 unspecified atom stereocenters. The lowest BCUT2D eigenvalue weighted by Gasteiger charge is -2.06. The second kappa shape index (κ2) is 2.62. The zero-order valence-corrected chi connectivity index (χ0v) is 6.21. The monoisotopic (exact) mass is 171 g/mol. The molecule has 0 aliphatic carbocycles. The number of nitrogens with zero attached hydrogens (tertiary/aromatic N) is 3. The summed E-state index contributed by atoms with van der Waals surface area (Å²) in [5.41, 5.74) is 5.17. The van der Waals surface area contributed by atoms with Gasteiger partial charge in [-0.05, 0) is 12.2 Å². The Labute approximate surface area is 67.5 Å². The minimum atomic E-state index is -0.500. The molecule has 0 saturated carbocycles. The summed E-state index contributed by atoms with van der Waals surface area (Å²) >= 11 is 4.51. The molecule has 0 radical (unpaired) electrons. The van der Waals surface area contributed by atoms with Crippen LogP contribution in [0.25, 0.3) is 0 Å². The third kappa shape index (κ3) is 1.17. The Morgan fingerprint density at radius 2 is 2.45 bits per heavy atom. The van der Waals surface area contributed by atoms with Gasteiger partial charge in [-0.15, -0.1) is 0 Å². The number of rotatable bonds is 0. The molecule has 7 heteroatoms. The maximum absolute atomic E-state index is 11.0. The molecule has 1 rings (SSSR count). The first-order valence-electron chi connectivity index (χ1n) is 2.62. The van der Waals surface area contributed by atoms with Gasteiger partial charge in [-0.2, -0.15) is 15.2 Å². The van der Waals surface area contributed by atoms with E-state index in [2.05, 4.69) is 22.4 Å². The second-order valence-corrected chi connectivity index (χ2v) is 2.13. The molecular weight excluding hydrogens is 166 g/mol. The van der Waals surface area contributed by atoms with Crippen LogP contribution >= 0.6 is 12.2 Å². The van der Waals surface area contributed by atoms with Crippen LogP contribution < -0.4 is 11.6 Å². The van der Waals surface area contributed by atoms with Gasteiger partial charge >= 0.3 is 5.91 Å². The molecule has 0 bridgehead atoms. The van der Waals surface area contributed by atoms with Crippen molar-refractivity contribution in [3.63, 3.8) is 0 Å². The molecule has 0 atom stereocenters. The Morgan fingerprint density at radius 3 is 2.73 bits per heavy atom. The van der Waals surface area contributed by atoms with Gasteiger partial charge in [-0.1, -0.05) is 0 Å². The van der Waals surface area contributed by atoms with Crippen LogP contribution in [0.15, 0.2) is 10.2 Å². The molecule has 0 fully saturated rings. The highest BCUT2D eigenvalue weighted by atomic mass is 32.1. The lowest BCUT2D eigenvalue weighted by molar-refractivity contribution is -0.119. The van der Waals surface area contributed by atoms with Gasteiger partial charge in [0.25, 0.3) is 0 Å². The van der Waals surface area contributed by atoms with Crippen molar-refractivity contribution >= 4 is 35.2 Å². The molecule has 58 valence electrons. The highest BCUT2D eigenvalue weighted by Gasteiger charge is 2.25. The number of amides is 1. The fourth-order valence-electron chi connectivity index (χ4n) is 0.574. The largest absolute Gasteiger partial charge is 0.374 e. The first kappa shape index (κ1) is 7.61. The average Bonchev–Trinajstić information content (AvgIpc) is 2.30. The zero-order valence-electron chi connectivity index (χ0n) is 5.39. The molecule has 0 aromatic heterocycles. The SMILES string of the molecule is NN=C1C=NN(C(N)=S)C1=O. The molecule has 6 nitrogen and oxygen atoms in total. The van der Waals surface area contributed by atoms with Crippen LogP contribution in [0, 0.1) is 0 Å². The van der Waals surface area contributed by atoms with E-state index in [1.165, 1.54) is 6.21 Å². The molecule has 1 aliphatic heterocycles. The van der Waals surface area contributed by atoms with Crippen molar-refractivity contribution in [2.24, 2.45) is 21.8 Å². The summed E-state index contributed by atoms with van der Waals surface area (Å²) in [6.45, 7) is 0. The number of nitrogens with two attached hydrogens (primary N) is 2. The number of hydrazone groups is 2. The third-order valence-electron chi connectivity index (χ3n) is 1.05. The summed E-state index contributed by atoms with van der Waals surface area (Å²) < 4.78 is 0. The highest BCUT2D eigenvalue weighted by Crippen LogP contribution is 1.99. The molecule has 1 aliphatic rings. The second-order valence-electron chi connectivity index (χ2n) is 1.71. The number of carbonyl (C=O) groups is 1. The first-order chi connectivity index (χ1) is 5.16. The molecule has 11 heavy (non-hydrogen) atoms. The Balaban J connectivity index is 2.89. The van der Waals surface area contributed by atoms with Crippen LogP contribution in [0.2, 0.25) is 0 Å². The fourth-order valence-corrected chi connectivity index (χ4v) is 0.704. The summed E-state index contributed by atoms with van der Waals surface area (Å²) in [5.74, 6) is 4.35. The number of carbonyl (C=O) groups excluding carboxylic acids is 1. The van der Waals surface area contributed by atoms with Gasteiger partial charge in [-0.25, -0.2) is 0 Å². The molecule has 0 aromatic rings. The summed E-state index contributed by atoms with van der Waals surface area (Å²) in [6.07, 6.45) is 1.20. The Morgan fingerprint density at radius 1 is 1.82 bits per heavy atom. The van der Waals surface area contributed by atoms with Crippen molar-refractivity contribution in [3.8, 4) is 0 Å². The van der Waals surface area contributed by atoms with Gasteiger partial charge < -0.3 is 11.6 Å². The van der Waals surface area contributed by atoms with Gasteiger partial charge in [0.15, 0.2) is 10.8 Å². The minimum Gasteiger partial charge on any atom is -0.374 e. The zero-order chi connectivity index (χ0) is 8.43. The Bertz CT molecular complexity index is 270. The van der Waals surface area contributed by atoms with E-state index in [1.807, 2.05) is 0 Å². The smallest absolute Gasteiger partial charge is 0.302 e. The van der Waals surface area contributed by atoms with E-state index in [0.29, 0.717) is 0 Å². The lowest BCUT2D eigenvalue weighted by Crippen LogP contribution is -2.36. The van der Waals surface area contributed by atoms with Crippen LogP contribution in [0.1, 0.15) is 0 Å². The van der Waals surface area contributed by atoms with E-state index in [9.17, 15) is 4.79 Å². The minimum absolute atomic E-state index is 0.0396. The van der Waals surface area contributed by atoms with Gasteiger partial charge in [0.05, 0.1) is 6.21 Å². The Hall–Kier alpha value is -1.50. The van der Waals surface area contributed by atoms with Crippen molar-refractivity contribution in [2.45, 2.75) is 0 Å². The van der Waals surface area contributed by atoms with Gasteiger partial charge in [0.2, 0.25) is 0 Å². The maximum atomic E-state index is 11.0. The fraction of sp³-hybridized carbons (Fsp3) is 0. The van der Waals surface area contributed by atoms with Crippen LogP contribution in [0.3, 0.4) is 0 Å². The number of hydrogen-bond acceptors (Lipinski definition) is 5. The quantitative estimate of drug-likeness (QED) is 0.260. The average molecular weight is 171 g/mol. The standard InChI is InChI=1S/C4H5N5OS/c5-4(11)9-3(10)2(8-6)1-7-9/h1H,6H2,(H2,5,11). The molecule has 0 aromatic carbocycles. The first-order valence-corrected chi connectivity index (χ1v) is 3.03. The molecule has 0 saturated heterocycles. The van der Waals surface area contributed by atoms with E-state index in [0.717, 1.165) is 5.01 Å². The molecule has 1 amide bonds. The van der Waals surface area contributed by atoms with Crippen molar-refractivity contribution in [3.05, 3.63) is 0 Å².